The number of aromatic nitrogens is 2. The molecule has 3 rings (SSSR count). The number of fused-ring (bicyclic) bond motifs is 1. The van der Waals surface area contributed by atoms with Gasteiger partial charge in [-0.1, -0.05) is 0 Å². The molecule has 0 aliphatic heterocycles. The van der Waals surface area contributed by atoms with Crippen LogP contribution in [-0.4, -0.2) is 24.5 Å². The molecule has 21 heavy (non-hydrogen) atoms. The van der Waals surface area contributed by atoms with Gasteiger partial charge in [-0.05, 0) is 0 Å². The van der Waals surface area contributed by atoms with E-state index >= 15 is 0 Å². The van der Waals surface area contributed by atoms with E-state index in [0.717, 1.165) is 24.0 Å². The van der Waals surface area contributed by atoms with Crippen LogP contribution in [0.4, 0.5) is 0 Å². The molecule has 3 nitrogen and oxygen atoms in total. The fourth-order valence-corrected chi connectivity index (χ4v) is 4.11. The van der Waals surface area contributed by atoms with Crippen LogP contribution in [0.3, 0.4) is 0 Å². The Morgan fingerprint density at radius 3 is 2.67 bits per heavy atom. The van der Waals surface area contributed by atoms with Gasteiger partial charge in [-0.3, -0.25) is 0 Å². The normalized spacial score (nSPS) is 10.9. The van der Waals surface area contributed by atoms with Crippen molar-refractivity contribution in [1.29, 1.82) is 0 Å². The number of hydrogen-bond acceptors (Lipinski definition) is 2. The van der Waals surface area contributed by atoms with Crippen LogP contribution in [0, 0.1) is 0 Å². The minimum atomic E-state index is -0.0197. The monoisotopic (exact) mass is 344 g/mol. The van der Waals surface area contributed by atoms with Gasteiger partial charge >= 0.3 is 129 Å². The van der Waals surface area contributed by atoms with Crippen molar-refractivity contribution in [3.05, 3.63) is 65.1 Å². The molecule has 2 aromatic carbocycles. The van der Waals surface area contributed by atoms with Crippen LogP contribution in [0.15, 0.2) is 59.5 Å². The van der Waals surface area contributed by atoms with E-state index in [2.05, 4.69) is 48.3 Å². The molecule has 0 spiro atoms. The summed E-state index contributed by atoms with van der Waals surface area (Å²) in [5.74, 6) is 0. The van der Waals surface area contributed by atoms with Crippen molar-refractivity contribution in [3.8, 4) is 0 Å². The average Bonchev–Trinajstić information content (AvgIpc) is 2.51. The number of hydrogen-bond donors (Lipinski definition) is 0. The van der Waals surface area contributed by atoms with Crippen LogP contribution in [0.1, 0.15) is 13.3 Å². The van der Waals surface area contributed by atoms with Crippen molar-refractivity contribution in [3.63, 3.8) is 0 Å². The van der Waals surface area contributed by atoms with Crippen LogP contribution in [-0.2, 0) is 6.54 Å². The number of benzene rings is 2. The van der Waals surface area contributed by atoms with Crippen LogP contribution in [0.5, 0.6) is 0 Å². The first-order chi connectivity index (χ1) is 10.3. The molecule has 0 bridgehead atoms. The zero-order chi connectivity index (χ0) is 14.7. The Balaban J connectivity index is 2.06. The second kappa shape index (κ2) is 6.25. The van der Waals surface area contributed by atoms with Gasteiger partial charge in [0.05, 0.1) is 0 Å². The van der Waals surface area contributed by atoms with Crippen LogP contribution < -0.4 is 14.5 Å². The minimum absolute atomic E-state index is 0.0197. The molecule has 0 N–H and O–H groups in total. The van der Waals surface area contributed by atoms with E-state index in [1.807, 2.05) is 16.7 Å². The van der Waals surface area contributed by atoms with E-state index in [0.29, 0.717) is 0 Å². The van der Waals surface area contributed by atoms with Crippen molar-refractivity contribution in [2.75, 3.05) is 0 Å². The van der Waals surface area contributed by atoms with E-state index < -0.39 is 0 Å². The molecule has 4 heteroatoms. The molecule has 1 aromatic heterocycles. The molecule has 106 valence electrons. The molecule has 0 fully saturated rings. The van der Waals surface area contributed by atoms with Gasteiger partial charge in [0, 0.05) is 0 Å². The van der Waals surface area contributed by atoms with Crippen molar-refractivity contribution in [1.82, 2.24) is 9.55 Å². The van der Waals surface area contributed by atoms with E-state index in [4.69, 9.17) is 0 Å². The molecule has 3 aromatic rings. The molecule has 0 unspecified atom stereocenters. The zero-order valence-electron chi connectivity index (χ0n) is 11.8. The summed E-state index contributed by atoms with van der Waals surface area (Å²) in [7, 11) is 0. The van der Waals surface area contributed by atoms with Gasteiger partial charge in [0.15, 0.2) is 0 Å². The van der Waals surface area contributed by atoms with Gasteiger partial charge in [-0.25, -0.2) is 0 Å². The summed E-state index contributed by atoms with van der Waals surface area (Å²) >= 11 is 0.248. The Kier molecular flexibility index (Phi) is 4.18. The number of rotatable bonds is 4. The zero-order valence-corrected chi connectivity index (χ0v) is 13.5. The van der Waals surface area contributed by atoms with Crippen LogP contribution in [0.25, 0.3) is 11.0 Å². The quantitative estimate of drug-likeness (QED) is 0.673. The van der Waals surface area contributed by atoms with Gasteiger partial charge < -0.3 is 0 Å². The van der Waals surface area contributed by atoms with Gasteiger partial charge in [0.25, 0.3) is 0 Å². The Morgan fingerprint density at radius 1 is 1.10 bits per heavy atom. The second-order valence-corrected chi connectivity index (χ2v) is 7.22. The summed E-state index contributed by atoms with van der Waals surface area (Å²) in [5, 5.41) is 0. The van der Waals surface area contributed by atoms with Crippen molar-refractivity contribution in [2.45, 2.75) is 19.9 Å². The first kappa shape index (κ1) is 14.1. The maximum absolute atomic E-state index is 12.0. The van der Waals surface area contributed by atoms with E-state index in [1.165, 1.54) is 15.1 Å². The van der Waals surface area contributed by atoms with Gasteiger partial charge in [-0.15, -0.1) is 0 Å². The van der Waals surface area contributed by atoms with E-state index in [1.54, 1.807) is 0 Å². The molecular formula is C17H16N2OSe. The molecule has 0 saturated heterocycles. The molecule has 0 aliphatic rings. The summed E-state index contributed by atoms with van der Waals surface area (Å²) in [5.41, 5.74) is 1.81. The Bertz CT molecular complexity index is 812. The molecular weight excluding hydrogens is 327 g/mol. The molecule has 0 amide bonds. The average molecular weight is 343 g/mol. The first-order valence-electron chi connectivity index (χ1n) is 7.00. The topological polar surface area (TPSA) is 34.9 Å². The Labute approximate surface area is 129 Å². The summed E-state index contributed by atoms with van der Waals surface area (Å²) in [6, 6.07) is 16.7. The van der Waals surface area contributed by atoms with Crippen molar-refractivity contribution < 1.29 is 0 Å². The second-order valence-electron chi connectivity index (χ2n) is 4.81. The maximum atomic E-state index is 12.0. The molecule has 0 aliphatic carbocycles. The fourth-order valence-electron chi connectivity index (χ4n) is 2.28. The third-order valence-corrected chi connectivity index (χ3v) is 5.34. The van der Waals surface area contributed by atoms with Gasteiger partial charge in [-0.2, -0.15) is 0 Å². The van der Waals surface area contributed by atoms with Gasteiger partial charge in [0.2, 0.25) is 0 Å². The fraction of sp³-hybridized carbons (Fsp3) is 0.176. The number of nitrogens with zero attached hydrogens (tertiary/aromatic N) is 2. The predicted octanol–water partition coefficient (Wildman–Crippen LogP) is 1.46. The molecule has 0 radical (unpaired) electrons. The predicted molar refractivity (Wildman–Crippen MR) is 87.8 cm³/mol. The first-order valence-corrected chi connectivity index (χ1v) is 8.72. The third kappa shape index (κ3) is 3.07. The van der Waals surface area contributed by atoms with Crippen LogP contribution >= 0.6 is 0 Å². The number of aryl methyl sites for hydroxylation is 1. The summed E-state index contributed by atoms with van der Waals surface area (Å²) in [4.78, 5) is 16.2. The van der Waals surface area contributed by atoms with Crippen LogP contribution in [0.2, 0.25) is 0 Å². The van der Waals surface area contributed by atoms with Gasteiger partial charge in [0.1, 0.15) is 0 Å². The van der Waals surface area contributed by atoms with Crippen molar-refractivity contribution in [2.24, 2.45) is 0 Å². The molecule has 0 saturated carbocycles. The Morgan fingerprint density at radius 2 is 1.90 bits per heavy atom. The molecule has 1 heterocycles. The third-order valence-electron chi connectivity index (χ3n) is 3.24. The van der Waals surface area contributed by atoms with Crippen molar-refractivity contribution >= 4 is 34.9 Å². The van der Waals surface area contributed by atoms with E-state index in [-0.39, 0.29) is 20.5 Å². The summed E-state index contributed by atoms with van der Waals surface area (Å²) < 4.78 is 4.42. The SMILES string of the molecule is CCCn1c(=O)cnc2ccc([Se]c3ccccc3)cc21. The standard InChI is InChI=1S/C17H16N2OSe/c1-2-10-19-16-11-14(21-13-6-4-3-5-7-13)8-9-15(16)18-12-17(19)20/h3-9,11-12H,2,10H2,1H3. The molecule has 0 atom stereocenters. The van der Waals surface area contributed by atoms with E-state index in [9.17, 15) is 4.79 Å². The summed E-state index contributed by atoms with van der Waals surface area (Å²) in [6.45, 7) is 2.82. The summed E-state index contributed by atoms with van der Waals surface area (Å²) in [6.07, 6.45) is 2.35. The Hall–Kier alpha value is -1.90.